The summed E-state index contributed by atoms with van der Waals surface area (Å²) in [6.07, 6.45) is 3.99. The third-order valence-corrected chi connectivity index (χ3v) is 4.20. The average Bonchev–Trinajstić information content (AvgIpc) is 2.43. The van der Waals surface area contributed by atoms with Crippen LogP contribution >= 0.6 is 0 Å². The van der Waals surface area contributed by atoms with E-state index in [1.165, 1.54) is 12.8 Å². The molecule has 2 fully saturated rings. The molecule has 3 N–H and O–H groups in total. The Kier molecular flexibility index (Phi) is 3.03. The van der Waals surface area contributed by atoms with E-state index in [2.05, 4.69) is 11.9 Å². The highest BCUT2D eigenvalue weighted by Gasteiger charge is 2.48. The third-order valence-electron chi connectivity index (χ3n) is 4.20. The van der Waals surface area contributed by atoms with Gasteiger partial charge in [0.1, 0.15) is 0 Å². The van der Waals surface area contributed by atoms with E-state index in [0.29, 0.717) is 18.7 Å². The first kappa shape index (κ1) is 11.3. The van der Waals surface area contributed by atoms with Crippen molar-refractivity contribution in [1.82, 2.24) is 4.90 Å². The first-order valence-electron chi connectivity index (χ1n) is 5.75. The molecule has 3 unspecified atom stereocenters. The van der Waals surface area contributed by atoms with Crippen molar-refractivity contribution < 1.29 is 9.84 Å². The van der Waals surface area contributed by atoms with Crippen LogP contribution in [0.2, 0.25) is 0 Å². The van der Waals surface area contributed by atoms with Crippen molar-refractivity contribution in [2.24, 2.45) is 5.73 Å². The number of ether oxygens (including phenoxy) is 1. The molecule has 0 radical (unpaired) electrons. The van der Waals surface area contributed by atoms with Crippen LogP contribution in [0.5, 0.6) is 0 Å². The molecule has 2 saturated heterocycles. The summed E-state index contributed by atoms with van der Waals surface area (Å²) in [5, 5.41) is 10.5. The maximum Gasteiger partial charge on any atom is 0.0850 e. The molecule has 2 rings (SSSR count). The van der Waals surface area contributed by atoms with Gasteiger partial charge in [0.05, 0.1) is 18.2 Å². The molecule has 0 aliphatic carbocycles. The third kappa shape index (κ3) is 1.91. The fourth-order valence-electron chi connectivity index (χ4n) is 3.12. The van der Waals surface area contributed by atoms with Gasteiger partial charge < -0.3 is 20.5 Å². The molecule has 15 heavy (non-hydrogen) atoms. The molecule has 0 amide bonds. The highest BCUT2D eigenvalue weighted by Crippen LogP contribution is 2.40. The van der Waals surface area contributed by atoms with Gasteiger partial charge in [0, 0.05) is 19.2 Å². The number of hydrogen-bond donors (Lipinski definition) is 2. The second-order valence-corrected chi connectivity index (χ2v) is 5.12. The topological polar surface area (TPSA) is 58.7 Å². The molecule has 4 nitrogen and oxygen atoms in total. The molecule has 2 aliphatic rings. The van der Waals surface area contributed by atoms with Crippen LogP contribution in [0.15, 0.2) is 0 Å². The van der Waals surface area contributed by atoms with Crippen molar-refractivity contribution in [3.8, 4) is 0 Å². The normalized spacial score (nSPS) is 43.2. The number of aliphatic hydroxyl groups is 1. The number of nitrogens with two attached hydrogens (primary N) is 1. The molecule has 2 bridgehead atoms. The van der Waals surface area contributed by atoms with Crippen LogP contribution in [-0.4, -0.2) is 54.5 Å². The number of fused-ring (bicyclic) bond motifs is 2. The lowest BCUT2D eigenvalue weighted by atomic mass is 9.81. The van der Waals surface area contributed by atoms with Gasteiger partial charge in [-0.25, -0.2) is 0 Å². The van der Waals surface area contributed by atoms with Crippen molar-refractivity contribution >= 4 is 0 Å². The molecule has 2 aliphatic heterocycles. The highest BCUT2D eigenvalue weighted by molar-refractivity contribution is 5.04. The van der Waals surface area contributed by atoms with Gasteiger partial charge in [-0.3, -0.25) is 0 Å². The SMILES string of the molecule is COCC(N)C1(O)CC2CCC(C1)N2C. The van der Waals surface area contributed by atoms with Gasteiger partial charge in [0.2, 0.25) is 0 Å². The Morgan fingerprint density at radius 2 is 2.00 bits per heavy atom. The van der Waals surface area contributed by atoms with Gasteiger partial charge in [0.25, 0.3) is 0 Å². The van der Waals surface area contributed by atoms with E-state index in [1.807, 2.05) is 0 Å². The second kappa shape index (κ2) is 4.01. The van der Waals surface area contributed by atoms with Gasteiger partial charge in [0.15, 0.2) is 0 Å². The van der Waals surface area contributed by atoms with Crippen molar-refractivity contribution in [2.45, 2.75) is 49.4 Å². The molecule has 0 saturated carbocycles. The van der Waals surface area contributed by atoms with E-state index in [-0.39, 0.29) is 6.04 Å². The summed E-state index contributed by atoms with van der Waals surface area (Å²) in [4.78, 5) is 2.40. The van der Waals surface area contributed by atoms with Gasteiger partial charge in [-0.2, -0.15) is 0 Å². The van der Waals surface area contributed by atoms with Gasteiger partial charge in [-0.15, -0.1) is 0 Å². The van der Waals surface area contributed by atoms with Crippen LogP contribution in [0.3, 0.4) is 0 Å². The predicted molar refractivity (Wildman–Crippen MR) is 58.6 cm³/mol. The number of hydrogen-bond acceptors (Lipinski definition) is 4. The summed E-state index contributed by atoms with van der Waals surface area (Å²) in [5.74, 6) is 0. The maximum absolute atomic E-state index is 10.5. The Morgan fingerprint density at radius 1 is 1.47 bits per heavy atom. The monoisotopic (exact) mass is 214 g/mol. The van der Waals surface area contributed by atoms with Crippen LogP contribution in [0.4, 0.5) is 0 Å². The summed E-state index contributed by atoms with van der Waals surface area (Å²) in [6, 6.07) is 0.771. The zero-order valence-corrected chi connectivity index (χ0v) is 9.65. The van der Waals surface area contributed by atoms with E-state index < -0.39 is 5.60 Å². The fraction of sp³-hybridized carbons (Fsp3) is 1.00. The fourth-order valence-corrected chi connectivity index (χ4v) is 3.12. The van der Waals surface area contributed by atoms with Gasteiger partial charge in [-0.1, -0.05) is 0 Å². The highest BCUT2D eigenvalue weighted by atomic mass is 16.5. The smallest absolute Gasteiger partial charge is 0.0850 e. The minimum absolute atomic E-state index is 0.251. The van der Waals surface area contributed by atoms with Crippen LogP contribution < -0.4 is 5.73 Å². The Labute approximate surface area is 91.4 Å². The van der Waals surface area contributed by atoms with Gasteiger partial charge in [-0.05, 0) is 32.7 Å². The lowest BCUT2D eigenvalue weighted by Crippen LogP contribution is -2.59. The number of piperidine rings is 1. The van der Waals surface area contributed by atoms with Crippen molar-refractivity contribution in [3.05, 3.63) is 0 Å². The number of methoxy groups -OCH3 is 1. The first-order valence-corrected chi connectivity index (χ1v) is 5.75. The van der Waals surface area contributed by atoms with Crippen molar-refractivity contribution in [2.75, 3.05) is 20.8 Å². The minimum Gasteiger partial charge on any atom is -0.388 e. The predicted octanol–water partition coefficient (Wildman–Crippen LogP) is -0.0522. The Bertz CT molecular complexity index is 221. The lowest BCUT2D eigenvalue weighted by Gasteiger charge is -2.44. The zero-order valence-electron chi connectivity index (χ0n) is 9.65. The van der Waals surface area contributed by atoms with Crippen LogP contribution in [0, 0.1) is 0 Å². The summed E-state index contributed by atoms with van der Waals surface area (Å²) >= 11 is 0. The molecule has 4 heteroatoms. The van der Waals surface area contributed by atoms with Crippen molar-refractivity contribution in [1.29, 1.82) is 0 Å². The van der Waals surface area contributed by atoms with E-state index in [1.54, 1.807) is 7.11 Å². The summed E-state index contributed by atoms with van der Waals surface area (Å²) < 4.78 is 5.04. The first-order chi connectivity index (χ1) is 7.07. The number of nitrogens with zero attached hydrogens (tertiary/aromatic N) is 1. The van der Waals surface area contributed by atoms with Gasteiger partial charge >= 0.3 is 0 Å². The minimum atomic E-state index is -0.714. The van der Waals surface area contributed by atoms with Crippen LogP contribution in [-0.2, 0) is 4.74 Å². The zero-order chi connectivity index (χ0) is 11.1. The molecule has 0 spiro atoms. The maximum atomic E-state index is 10.5. The van der Waals surface area contributed by atoms with E-state index in [9.17, 15) is 5.11 Å². The summed E-state index contributed by atoms with van der Waals surface area (Å²) in [5.41, 5.74) is 5.28. The molecular formula is C11H22N2O2. The molecule has 0 aromatic heterocycles. The molecule has 0 aromatic rings. The molecule has 88 valence electrons. The van der Waals surface area contributed by atoms with Crippen molar-refractivity contribution in [3.63, 3.8) is 0 Å². The number of rotatable bonds is 3. The lowest BCUT2D eigenvalue weighted by molar-refractivity contribution is -0.0748. The second-order valence-electron chi connectivity index (χ2n) is 5.12. The van der Waals surface area contributed by atoms with E-state index >= 15 is 0 Å². The Morgan fingerprint density at radius 3 is 2.47 bits per heavy atom. The molecule has 2 heterocycles. The largest absolute Gasteiger partial charge is 0.388 e. The van der Waals surface area contributed by atoms with Crippen LogP contribution in [0.1, 0.15) is 25.7 Å². The quantitative estimate of drug-likeness (QED) is 0.691. The van der Waals surface area contributed by atoms with E-state index in [4.69, 9.17) is 10.5 Å². The standard InChI is InChI=1S/C11H22N2O2/c1-13-8-3-4-9(13)6-11(14,5-8)10(12)7-15-2/h8-10,14H,3-7,12H2,1-2H3. The molecular weight excluding hydrogens is 192 g/mol. The van der Waals surface area contributed by atoms with Crippen LogP contribution in [0.25, 0.3) is 0 Å². The summed E-state index contributed by atoms with van der Waals surface area (Å²) in [6.45, 7) is 0.444. The van der Waals surface area contributed by atoms with E-state index in [0.717, 1.165) is 12.8 Å². The average molecular weight is 214 g/mol. The Hall–Kier alpha value is -0.160. The Balaban J connectivity index is 2.05. The molecule has 3 atom stereocenters. The summed E-state index contributed by atoms with van der Waals surface area (Å²) in [7, 11) is 3.79. The molecule has 0 aromatic carbocycles.